The molecule has 1 unspecified atom stereocenters. The smallest absolute Gasteiger partial charge is 0.407 e. The lowest BCUT2D eigenvalue weighted by atomic mass is 10.0. The van der Waals surface area contributed by atoms with Gasteiger partial charge >= 0.3 is 6.09 Å². The van der Waals surface area contributed by atoms with Gasteiger partial charge in [-0.15, -0.1) is 0 Å². The van der Waals surface area contributed by atoms with Gasteiger partial charge in [0.2, 0.25) is 0 Å². The first-order chi connectivity index (χ1) is 10.4. The largest absolute Gasteiger partial charge is 0.465 e. The van der Waals surface area contributed by atoms with E-state index < -0.39 is 6.09 Å². The van der Waals surface area contributed by atoms with Gasteiger partial charge in [0, 0.05) is 22.7 Å². The number of carbonyl (C=O) groups is 2. The normalized spacial score (nSPS) is 22.1. The van der Waals surface area contributed by atoms with Crippen molar-refractivity contribution in [3.8, 4) is 0 Å². The van der Waals surface area contributed by atoms with Gasteiger partial charge in [0.25, 0.3) is 5.91 Å². The Morgan fingerprint density at radius 3 is 2.59 bits per heavy atom. The Balaban J connectivity index is 1.84. The van der Waals surface area contributed by atoms with E-state index in [9.17, 15) is 14.0 Å². The lowest BCUT2D eigenvalue weighted by Crippen LogP contribution is -2.47. The summed E-state index contributed by atoms with van der Waals surface area (Å²) in [5, 5.41) is 9.01. The van der Waals surface area contributed by atoms with Crippen molar-refractivity contribution in [1.29, 1.82) is 0 Å². The molecule has 1 N–H and O–H groups in total. The first-order valence-corrected chi connectivity index (χ1v) is 8.27. The molecule has 0 aliphatic carbocycles. The topological polar surface area (TPSA) is 60.9 Å². The fourth-order valence-electron chi connectivity index (χ4n) is 3.42. The number of benzene rings is 1. The van der Waals surface area contributed by atoms with Gasteiger partial charge in [-0.05, 0) is 60.1 Å². The second kappa shape index (κ2) is 5.68. The Bertz CT molecular complexity index is 644. The van der Waals surface area contributed by atoms with Gasteiger partial charge in [-0.25, -0.2) is 9.18 Å². The zero-order valence-electron chi connectivity index (χ0n) is 12.1. The van der Waals surface area contributed by atoms with E-state index in [1.54, 1.807) is 4.90 Å². The number of amides is 2. The third-order valence-corrected chi connectivity index (χ3v) is 5.38. The molecular weight excluding hydrogens is 402 g/mol. The summed E-state index contributed by atoms with van der Waals surface area (Å²) in [4.78, 5) is 26.9. The summed E-state index contributed by atoms with van der Waals surface area (Å²) in [6.07, 6.45) is 0.323. The van der Waals surface area contributed by atoms with Gasteiger partial charge in [-0.1, -0.05) is 0 Å². The van der Waals surface area contributed by atoms with E-state index in [4.69, 9.17) is 5.11 Å². The van der Waals surface area contributed by atoms with Crippen molar-refractivity contribution in [2.45, 2.75) is 31.8 Å². The van der Waals surface area contributed by atoms with Crippen LogP contribution in [0.4, 0.5) is 9.18 Å². The Morgan fingerprint density at radius 2 is 2.00 bits per heavy atom. The summed E-state index contributed by atoms with van der Waals surface area (Å²) in [5.41, 5.74) is 1.32. The molecule has 1 aromatic rings. The quantitative estimate of drug-likeness (QED) is 0.714. The van der Waals surface area contributed by atoms with Crippen molar-refractivity contribution < 1.29 is 19.1 Å². The van der Waals surface area contributed by atoms with Gasteiger partial charge in [0.05, 0.1) is 11.6 Å². The van der Waals surface area contributed by atoms with E-state index in [2.05, 4.69) is 0 Å². The van der Waals surface area contributed by atoms with E-state index in [-0.39, 0.29) is 23.8 Å². The number of rotatable bonds is 1. The number of fused-ring (bicyclic) bond motifs is 1. The standard InChI is InChI=1S/C15H16FIN2O3/c1-8-11-6-9(16)7-12(17)13(11)14(20)19(8)10-2-4-18(5-3-10)15(21)22/h6-8,10H,2-5H2,1H3,(H,21,22). The number of hydrogen-bond acceptors (Lipinski definition) is 2. The predicted octanol–water partition coefficient (Wildman–Crippen LogP) is 3.09. The van der Waals surface area contributed by atoms with Crippen molar-refractivity contribution in [3.63, 3.8) is 0 Å². The number of hydrogen-bond donors (Lipinski definition) is 1. The van der Waals surface area contributed by atoms with Crippen molar-refractivity contribution >= 4 is 34.6 Å². The maximum absolute atomic E-state index is 13.6. The zero-order chi connectivity index (χ0) is 16.0. The summed E-state index contributed by atoms with van der Waals surface area (Å²) >= 11 is 2.00. The van der Waals surface area contributed by atoms with Crippen LogP contribution in [0.5, 0.6) is 0 Å². The average molecular weight is 418 g/mol. The van der Waals surface area contributed by atoms with Crippen LogP contribution in [0.25, 0.3) is 0 Å². The molecular formula is C15H16FIN2O3. The predicted molar refractivity (Wildman–Crippen MR) is 86.3 cm³/mol. The van der Waals surface area contributed by atoms with Crippen LogP contribution in [0, 0.1) is 9.39 Å². The molecule has 2 amide bonds. The van der Waals surface area contributed by atoms with Gasteiger partial charge in [-0.2, -0.15) is 0 Å². The Kier molecular flexibility index (Phi) is 4.00. The molecule has 1 aromatic carbocycles. The van der Waals surface area contributed by atoms with Crippen LogP contribution in [0.2, 0.25) is 0 Å². The molecule has 0 aromatic heterocycles. The fraction of sp³-hybridized carbons (Fsp3) is 0.467. The molecule has 5 nitrogen and oxygen atoms in total. The maximum atomic E-state index is 13.6. The molecule has 118 valence electrons. The number of likely N-dealkylation sites (tertiary alicyclic amines) is 1. The minimum Gasteiger partial charge on any atom is -0.465 e. The molecule has 1 fully saturated rings. The highest BCUT2D eigenvalue weighted by atomic mass is 127. The first-order valence-electron chi connectivity index (χ1n) is 7.19. The number of carboxylic acid groups (broad SMARTS) is 1. The molecule has 1 atom stereocenters. The Hall–Kier alpha value is -1.38. The third-order valence-electron chi connectivity index (χ3n) is 4.53. The van der Waals surface area contributed by atoms with Crippen LogP contribution in [-0.2, 0) is 0 Å². The van der Waals surface area contributed by atoms with E-state index in [0.29, 0.717) is 35.1 Å². The van der Waals surface area contributed by atoms with Crippen LogP contribution in [0.15, 0.2) is 12.1 Å². The zero-order valence-corrected chi connectivity index (χ0v) is 14.2. The lowest BCUT2D eigenvalue weighted by Gasteiger charge is -2.37. The van der Waals surface area contributed by atoms with Crippen LogP contribution in [0.1, 0.15) is 41.7 Å². The maximum Gasteiger partial charge on any atom is 0.407 e. The van der Waals surface area contributed by atoms with E-state index in [1.807, 2.05) is 29.5 Å². The molecule has 2 aliphatic heterocycles. The molecule has 2 heterocycles. The molecule has 0 saturated carbocycles. The SMILES string of the molecule is CC1c2cc(F)cc(I)c2C(=O)N1C1CCN(C(=O)O)CC1. The molecule has 0 spiro atoms. The number of halogens is 2. The second-order valence-electron chi connectivity index (χ2n) is 5.74. The highest BCUT2D eigenvalue weighted by Gasteiger charge is 2.41. The molecule has 22 heavy (non-hydrogen) atoms. The summed E-state index contributed by atoms with van der Waals surface area (Å²) in [5.74, 6) is -0.397. The first kappa shape index (κ1) is 15.5. The number of carbonyl (C=O) groups excluding carboxylic acids is 1. The van der Waals surface area contributed by atoms with Crippen LogP contribution in [0.3, 0.4) is 0 Å². The van der Waals surface area contributed by atoms with Crippen molar-refractivity contribution in [3.05, 3.63) is 32.6 Å². The fourth-order valence-corrected chi connectivity index (χ4v) is 4.26. The van der Waals surface area contributed by atoms with Crippen molar-refractivity contribution in [1.82, 2.24) is 9.80 Å². The second-order valence-corrected chi connectivity index (χ2v) is 6.90. The highest BCUT2D eigenvalue weighted by Crippen LogP contribution is 2.39. The van der Waals surface area contributed by atoms with Crippen LogP contribution >= 0.6 is 22.6 Å². The monoisotopic (exact) mass is 418 g/mol. The van der Waals surface area contributed by atoms with Crippen molar-refractivity contribution in [2.24, 2.45) is 0 Å². The Morgan fingerprint density at radius 1 is 1.36 bits per heavy atom. The molecule has 3 rings (SSSR count). The van der Waals surface area contributed by atoms with Gasteiger partial charge in [0.15, 0.2) is 0 Å². The number of nitrogens with zero attached hydrogens (tertiary/aromatic N) is 2. The van der Waals surface area contributed by atoms with Gasteiger partial charge in [0.1, 0.15) is 5.82 Å². The lowest BCUT2D eigenvalue weighted by molar-refractivity contribution is 0.0522. The van der Waals surface area contributed by atoms with Crippen LogP contribution < -0.4 is 0 Å². The molecule has 0 radical (unpaired) electrons. The molecule has 2 aliphatic rings. The van der Waals surface area contributed by atoms with Gasteiger partial charge < -0.3 is 14.9 Å². The van der Waals surface area contributed by atoms with E-state index in [1.165, 1.54) is 17.0 Å². The summed E-state index contributed by atoms with van der Waals surface area (Å²) < 4.78 is 14.3. The van der Waals surface area contributed by atoms with Crippen molar-refractivity contribution in [2.75, 3.05) is 13.1 Å². The average Bonchev–Trinajstić information content (AvgIpc) is 2.70. The molecule has 7 heteroatoms. The number of piperidine rings is 1. The third kappa shape index (κ3) is 2.45. The van der Waals surface area contributed by atoms with E-state index in [0.717, 1.165) is 5.56 Å². The van der Waals surface area contributed by atoms with Gasteiger partial charge in [-0.3, -0.25) is 4.79 Å². The summed E-state index contributed by atoms with van der Waals surface area (Å²) in [6, 6.07) is 2.64. The highest BCUT2D eigenvalue weighted by molar-refractivity contribution is 14.1. The minimum absolute atomic E-state index is 0.00404. The Labute approximate surface area is 141 Å². The molecule has 0 bridgehead atoms. The minimum atomic E-state index is -0.917. The summed E-state index contributed by atoms with van der Waals surface area (Å²) in [7, 11) is 0. The van der Waals surface area contributed by atoms with E-state index >= 15 is 0 Å². The van der Waals surface area contributed by atoms with Crippen LogP contribution in [-0.4, -0.2) is 46.0 Å². The summed E-state index contributed by atoms with van der Waals surface area (Å²) in [6.45, 7) is 2.76. The molecule has 1 saturated heterocycles.